The molecule has 0 aliphatic carbocycles. The minimum Gasteiger partial charge on any atom is -0.618 e. The molecule has 11 heavy (non-hydrogen) atoms. The van der Waals surface area contributed by atoms with Gasteiger partial charge in [0.15, 0.2) is 5.15 Å². The van der Waals surface area contributed by atoms with Crippen LogP contribution in [0.2, 0.25) is 5.15 Å². The average molecular weight is 174 g/mol. The number of nitrogens with zero attached hydrogens (tertiary/aromatic N) is 2. The first kappa shape index (κ1) is 8.27. The Morgan fingerprint density at radius 2 is 1.82 bits per heavy atom. The van der Waals surface area contributed by atoms with Crippen LogP contribution in [0.4, 0.5) is 0 Å². The average Bonchev–Trinajstić information content (AvgIpc) is 1.97. The molecule has 0 aromatic carbocycles. The first-order valence-electron chi connectivity index (χ1n) is 3.27. The molecule has 0 saturated carbocycles. The Bertz CT molecular complexity index is 273. The first-order valence-corrected chi connectivity index (χ1v) is 3.64. The maximum absolute atomic E-state index is 11.2. The van der Waals surface area contributed by atoms with Crippen molar-refractivity contribution < 1.29 is 4.73 Å². The summed E-state index contributed by atoms with van der Waals surface area (Å²) in [7, 11) is 0. The molecule has 0 spiro atoms. The second kappa shape index (κ2) is 2.66. The highest BCUT2D eigenvalue weighted by Crippen LogP contribution is 2.09. The van der Waals surface area contributed by atoms with Crippen molar-refractivity contribution in [1.82, 2.24) is 4.98 Å². The molecular weight excluding hydrogens is 165 g/mol. The van der Waals surface area contributed by atoms with E-state index in [1.54, 1.807) is 20.8 Å². The molecule has 0 atom stereocenters. The Balaban J connectivity index is 3.46. The van der Waals surface area contributed by atoms with Crippen molar-refractivity contribution in [3.05, 3.63) is 27.4 Å². The number of aryl methyl sites for hydroxylation is 1. The third kappa shape index (κ3) is 1.28. The summed E-state index contributed by atoms with van der Waals surface area (Å²) in [6, 6.07) is 0. The maximum atomic E-state index is 11.2. The van der Waals surface area contributed by atoms with E-state index in [9.17, 15) is 5.21 Å². The molecule has 0 aliphatic rings. The zero-order valence-corrected chi connectivity index (χ0v) is 7.44. The molecular formula is C7H9ClN2O. The van der Waals surface area contributed by atoms with Gasteiger partial charge in [-0.05, 0) is 6.92 Å². The molecule has 0 radical (unpaired) electrons. The SMILES string of the molecule is Cc1nc(Cl)c(C)[15n+]([O-])c1C. The predicted octanol–water partition coefficient (Wildman–Crippen LogP) is 1.29. The number of hydrogen-bond donors (Lipinski definition) is 0. The first-order chi connectivity index (χ1) is 5.04. The number of halogens is 1. The van der Waals surface area contributed by atoms with Crippen molar-refractivity contribution in [3.63, 3.8) is 0 Å². The van der Waals surface area contributed by atoms with Crippen molar-refractivity contribution in [3.8, 4) is 0 Å². The van der Waals surface area contributed by atoms with Crippen LogP contribution in [0, 0.1) is 26.0 Å². The van der Waals surface area contributed by atoms with Crippen molar-refractivity contribution in [1.29, 1.82) is 0 Å². The van der Waals surface area contributed by atoms with Crippen LogP contribution < -0.4 is 4.73 Å². The van der Waals surface area contributed by atoms with Gasteiger partial charge in [0.1, 0.15) is 5.69 Å². The summed E-state index contributed by atoms with van der Waals surface area (Å²) in [6.45, 7) is 5.13. The Hall–Kier alpha value is -0.830. The summed E-state index contributed by atoms with van der Waals surface area (Å²) in [5.41, 5.74) is 1.73. The quantitative estimate of drug-likeness (QED) is 0.438. The zero-order chi connectivity index (χ0) is 8.59. The van der Waals surface area contributed by atoms with E-state index >= 15 is 0 Å². The minimum absolute atomic E-state index is 0.281. The highest BCUT2D eigenvalue weighted by Gasteiger charge is 2.12. The molecule has 1 aromatic rings. The second-order valence-electron chi connectivity index (χ2n) is 2.45. The molecule has 3 nitrogen and oxygen atoms in total. The van der Waals surface area contributed by atoms with Gasteiger partial charge in [0.05, 0.1) is 0 Å². The third-order valence-electron chi connectivity index (χ3n) is 1.70. The summed E-state index contributed by atoms with van der Waals surface area (Å²) in [5, 5.41) is 11.5. The van der Waals surface area contributed by atoms with Gasteiger partial charge in [-0.25, -0.2) is 4.98 Å². The fraction of sp³-hybridized carbons (Fsp3) is 0.429. The van der Waals surface area contributed by atoms with E-state index in [-0.39, 0.29) is 5.15 Å². The van der Waals surface area contributed by atoms with Crippen LogP contribution in [-0.4, -0.2) is 4.98 Å². The van der Waals surface area contributed by atoms with Gasteiger partial charge in [-0.1, -0.05) is 11.6 Å². The number of hydrogen-bond acceptors (Lipinski definition) is 2. The van der Waals surface area contributed by atoms with Crippen LogP contribution in [0.1, 0.15) is 17.1 Å². The molecule has 1 rings (SSSR count). The topological polar surface area (TPSA) is 39.8 Å². The lowest BCUT2D eigenvalue weighted by Gasteiger charge is -2.06. The Labute approximate surface area is 70.2 Å². The van der Waals surface area contributed by atoms with E-state index in [4.69, 9.17) is 11.6 Å². The number of rotatable bonds is 0. The molecule has 0 amide bonds. The van der Waals surface area contributed by atoms with Crippen molar-refractivity contribution in [2.45, 2.75) is 20.8 Å². The highest BCUT2D eigenvalue weighted by molar-refractivity contribution is 6.29. The molecule has 0 bridgehead atoms. The molecule has 0 N–H and O–H groups in total. The van der Waals surface area contributed by atoms with Crippen LogP contribution in [0.25, 0.3) is 0 Å². The van der Waals surface area contributed by atoms with E-state index in [0.717, 1.165) is 4.73 Å². The predicted molar refractivity (Wildman–Crippen MR) is 42.4 cm³/mol. The summed E-state index contributed by atoms with van der Waals surface area (Å²) in [5.74, 6) is 0. The van der Waals surface area contributed by atoms with E-state index in [0.29, 0.717) is 17.1 Å². The monoisotopic (exact) mass is 173 g/mol. The Morgan fingerprint density at radius 1 is 1.27 bits per heavy atom. The van der Waals surface area contributed by atoms with Gasteiger partial charge in [0.2, 0.25) is 11.4 Å². The van der Waals surface area contributed by atoms with E-state index in [2.05, 4.69) is 4.98 Å². The van der Waals surface area contributed by atoms with E-state index < -0.39 is 0 Å². The molecule has 0 saturated heterocycles. The fourth-order valence-corrected chi connectivity index (χ4v) is 0.995. The minimum atomic E-state index is 0.281. The summed E-state index contributed by atoms with van der Waals surface area (Å²) < 4.78 is 0.796. The Kier molecular flexibility index (Phi) is 2.00. The molecule has 4 heteroatoms. The second-order valence-corrected chi connectivity index (χ2v) is 2.81. The van der Waals surface area contributed by atoms with Crippen LogP contribution in [0.15, 0.2) is 0 Å². The maximum Gasteiger partial charge on any atom is 0.227 e. The van der Waals surface area contributed by atoms with Gasteiger partial charge < -0.3 is 5.21 Å². The molecule has 1 heterocycles. The van der Waals surface area contributed by atoms with E-state index in [1.165, 1.54) is 0 Å². The van der Waals surface area contributed by atoms with Crippen LogP contribution in [-0.2, 0) is 0 Å². The molecule has 0 aliphatic heterocycles. The van der Waals surface area contributed by atoms with Gasteiger partial charge in [-0.2, -0.15) is 4.73 Å². The van der Waals surface area contributed by atoms with Gasteiger partial charge in [-0.3, -0.25) is 0 Å². The molecule has 0 unspecified atom stereocenters. The van der Waals surface area contributed by atoms with Gasteiger partial charge >= 0.3 is 0 Å². The summed E-state index contributed by atoms with van der Waals surface area (Å²) >= 11 is 5.66. The molecule has 1 aromatic heterocycles. The molecule has 0 fully saturated rings. The van der Waals surface area contributed by atoms with Crippen LogP contribution >= 0.6 is 11.6 Å². The highest BCUT2D eigenvalue weighted by atomic mass is 35.5. The van der Waals surface area contributed by atoms with Crippen LogP contribution in [0.5, 0.6) is 0 Å². The van der Waals surface area contributed by atoms with Crippen molar-refractivity contribution in [2.24, 2.45) is 0 Å². The lowest BCUT2D eigenvalue weighted by atomic mass is 10.3. The molecule has 60 valence electrons. The zero-order valence-electron chi connectivity index (χ0n) is 6.68. The number of aromatic nitrogens is 2. The van der Waals surface area contributed by atoms with Crippen molar-refractivity contribution >= 4 is 11.6 Å². The lowest BCUT2D eigenvalue weighted by Crippen LogP contribution is -2.35. The normalized spacial score (nSPS) is 10.2. The van der Waals surface area contributed by atoms with Crippen molar-refractivity contribution in [2.75, 3.05) is 0 Å². The largest absolute Gasteiger partial charge is 0.618 e. The summed E-state index contributed by atoms with van der Waals surface area (Å²) in [4.78, 5) is 3.98. The van der Waals surface area contributed by atoms with Crippen LogP contribution in [0.3, 0.4) is 0 Å². The Morgan fingerprint density at radius 3 is 2.36 bits per heavy atom. The standard InChI is InChI=1S/C7H9ClN2O/c1-4-5(2)10(11)6(3)7(8)9-4/h1-3H3/i10+1. The van der Waals surface area contributed by atoms with Gasteiger partial charge in [0, 0.05) is 13.8 Å². The summed E-state index contributed by atoms with van der Waals surface area (Å²) in [6.07, 6.45) is 0. The van der Waals surface area contributed by atoms with E-state index in [1.807, 2.05) is 0 Å². The van der Waals surface area contributed by atoms with Gasteiger partial charge in [-0.15, -0.1) is 0 Å². The van der Waals surface area contributed by atoms with Gasteiger partial charge in [0.25, 0.3) is 0 Å². The fourth-order valence-electron chi connectivity index (χ4n) is 0.791. The third-order valence-corrected chi connectivity index (χ3v) is 2.06. The lowest BCUT2D eigenvalue weighted by molar-refractivity contribution is -0.620. The smallest absolute Gasteiger partial charge is 0.227 e.